The molecule has 0 fully saturated rings. The van der Waals surface area contributed by atoms with Gasteiger partial charge in [-0.2, -0.15) is 0 Å². The molecule has 0 aromatic rings. The fourth-order valence-corrected chi connectivity index (χ4v) is 0.913. The third-order valence-electron chi connectivity index (χ3n) is 1.62. The molecule has 0 amide bonds. The van der Waals surface area contributed by atoms with E-state index in [0.717, 1.165) is 6.08 Å². The molecule has 0 aromatic carbocycles. The van der Waals surface area contributed by atoms with Gasteiger partial charge in [-0.3, -0.25) is 4.79 Å². The average molecular weight is 154 g/mol. The molecule has 0 heterocycles. The highest BCUT2D eigenvalue weighted by atomic mass is 19.1. The summed E-state index contributed by atoms with van der Waals surface area (Å²) in [5, 5.41) is 0. The summed E-state index contributed by atoms with van der Waals surface area (Å²) < 4.78 is 13.2. The van der Waals surface area contributed by atoms with Crippen molar-refractivity contribution in [1.82, 2.24) is 0 Å². The van der Waals surface area contributed by atoms with Crippen LogP contribution in [0.4, 0.5) is 4.39 Å². The Morgan fingerprint density at radius 3 is 2.55 bits per heavy atom. The summed E-state index contributed by atoms with van der Waals surface area (Å²) in [5.74, 6) is -0.968. The highest BCUT2D eigenvalue weighted by Crippen LogP contribution is 2.24. The highest BCUT2D eigenvalue weighted by molar-refractivity contribution is 5.77. The molecule has 1 aliphatic carbocycles. The molecule has 1 aliphatic rings. The number of aldehydes is 2. The van der Waals surface area contributed by atoms with Gasteiger partial charge in [0.2, 0.25) is 0 Å². The van der Waals surface area contributed by atoms with E-state index in [1.54, 1.807) is 6.08 Å². The lowest BCUT2D eigenvalue weighted by atomic mass is 9.88. The summed E-state index contributed by atoms with van der Waals surface area (Å²) in [5.41, 5.74) is -2.13. The summed E-state index contributed by atoms with van der Waals surface area (Å²) in [4.78, 5) is 20.5. The van der Waals surface area contributed by atoms with E-state index in [1.165, 1.54) is 12.2 Å². The van der Waals surface area contributed by atoms with Crippen LogP contribution in [0.2, 0.25) is 0 Å². The Morgan fingerprint density at radius 2 is 2.09 bits per heavy atom. The van der Waals surface area contributed by atoms with Crippen molar-refractivity contribution >= 4 is 12.6 Å². The highest BCUT2D eigenvalue weighted by Gasteiger charge is 2.35. The van der Waals surface area contributed by atoms with Gasteiger partial charge < -0.3 is 4.79 Å². The van der Waals surface area contributed by atoms with Gasteiger partial charge >= 0.3 is 0 Å². The smallest absolute Gasteiger partial charge is 0.197 e. The zero-order chi connectivity index (χ0) is 8.32. The van der Waals surface area contributed by atoms with Crippen molar-refractivity contribution in [2.24, 2.45) is 5.92 Å². The second kappa shape index (κ2) is 2.78. The molecule has 3 heteroatoms. The fraction of sp³-hybridized carbons (Fsp3) is 0.250. The number of rotatable bonds is 2. The first kappa shape index (κ1) is 7.85. The summed E-state index contributed by atoms with van der Waals surface area (Å²) in [6, 6.07) is 0. The van der Waals surface area contributed by atoms with E-state index >= 15 is 0 Å². The van der Waals surface area contributed by atoms with Crippen LogP contribution in [0.5, 0.6) is 0 Å². The number of carbonyl (C=O) groups is 2. The van der Waals surface area contributed by atoms with Gasteiger partial charge in [0, 0.05) is 0 Å². The van der Waals surface area contributed by atoms with Gasteiger partial charge in [0.15, 0.2) is 12.0 Å². The van der Waals surface area contributed by atoms with Gasteiger partial charge in [-0.1, -0.05) is 18.2 Å². The Hall–Kier alpha value is -1.25. The van der Waals surface area contributed by atoms with Gasteiger partial charge in [-0.05, 0) is 6.08 Å². The minimum absolute atomic E-state index is 0.145. The fourth-order valence-electron chi connectivity index (χ4n) is 0.913. The van der Waals surface area contributed by atoms with E-state index in [-0.39, 0.29) is 6.29 Å². The summed E-state index contributed by atoms with van der Waals surface area (Å²) in [7, 11) is 0. The van der Waals surface area contributed by atoms with E-state index in [0.29, 0.717) is 6.29 Å². The van der Waals surface area contributed by atoms with Crippen LogP contribution in [0, 0.1) is 5.92 Å². The minimum Gasteiger partial charge on any atom is -0.303 e. The molecule has 1 rings (SSSR count). The number of alkyl halides is 1. The quantitative estimate of drug-likeness (QED) is 0.552. The molecule has 0 saturated heterocycles. The van der Waals surface area contributed by atoms with Gasteiger partial charge in [-0.15, -0.1) is 0 Å². The molecule has 0 bridgehead atoms. The van der Waals surface area contributed by atoms with Crippen molar-refractivity contribution < 1.29 is 14.0 Å². The third-order valence-corrected chi connectivity index (χ3v) is 1.62. The molecule has 0 spiro atoms. The molecule has 0 radical (unpaired) electrons. The van der Waals surface area contributed by atoms with Gasteiger partial charge in [-0.25, -0.2) is 4.39 Å². The third kappa shape index (κ3) is 1.27. The van der Waals surface area contributed by atoms with Crippen LogP contribution < -0.4 is 0 Å². The van der Waals surface area contributed by atoms with Crippen molar-refractivity contribution in [3.8, 4) is 0 Å². The molecule has 0 aromatic heterocycles. The number of hydrogen-bond acceptors (Lipinski definition) is 2. The predicted molar refractivity (Wildman–Crippen MR) is 37.7 cm³/mol. The Labute approximate surface area is 63.4 Å². The van der Waals surface area contributed by atoms with Crippen molar-refractivity contribution in [3.05, 3.63) is 24.3 Å². The number of carbonyl (C=O) groups excluding carboxylic acids is 2. The molecule has 11 heavy (non-hydrogen) atoms. The van der Waals surface area contributed by atoms with Crippen LogP contribution in [-0.2, 0) is 9.59 Å². The zero-order valence-electron chi connectivity index (χ0n) is 5.74. The first-order valence-corrected chi connectivity index (χ1v) is 3.19. The monoisotopic (exact) mass is 154 g/mol. The summed E-state index contributed by atoms with van der Waals surface area (Å²) >= 11 is 0. The van der Waals surface area contributed by atoms with E-state index in [9.17, 15) is 14.0 Å². The largest absolute Gasteiger partial charge is 0.303 e. The lowest BCUT2D eigenvalue weighted by Gasteiger charge is -2.20. The maximum Gasteiger partial charge on any atom is 0.197 e. The number of halogens is 1. The Morgan fingerprint density at radius 1 is 1.36 bits per heavy atom. The average Bonchev–Trinajstić information content (AvgIpc) is 2.05. The topological polar surface area (TPSA) is 34.1 Å². The lowest BCUT2D eigenvalue weighted by molar-refractivity contribution is -0.122. The molecule has 2 nitrogen and oxygen atoms in total. The molecule has 2 unspecified atom stereocenters. The van der Waals surface area contributed by atoms with Crippen molar-refractivity contribution in [1.29, 1.82) is 0 Å². The van der Waals surface area contributed by atoms with Crippen LogP contribution in [0.15, 0.2) is 24.3 Å². The molecular formula is C8H7FO2. The molecule has 2 atom stereocenters. The molecule has 0 N–H and O–H groups in total. The van der Waals surface area contributed by atoms with E-state index in [4.69, 9.17) is 0 Å². The Kier molecular flexibility index (Phi) is 1.98. The molecule has 58 valence electrons. The van der Waals surface area contributed by atoms with Crippen molar-refractivity contribution in [3.63, 3.8) is 0 Å². The van der Waals surface area contributed by atoms with Gasteiger partial charge in [0.05, 0.1) is 5.92 Å². The van der Waals surface area contributed by atoms with Crippen LogP contribution >= 0.6 is 0 Å². The maximum absolute atomic E-state index is 13.2. The van der Waals surface area contributed by atoms with Crippen LogP contribution in [0.3, 0.4) is 0 Å². The molecular weight excluding hydrogens is 147 g/mol. The second-order valence-electron chi connectivity index (χ2n) is 2.35. The normalized spacial score (nSPS) is 35.2. The van der Waals surface area contributed by atoms with E-state index in [1.807, 2.05) is 0 Å². The van der Waals surface area contributed by atoms with Crippen molar-refractivity contribution in [2.75, 3.05) is 0 Å². The lowest BCUT2D eigenvalue weighted by Crippen LogP contribution is -2.33. The van der Waals surface area contributed by atoms with Crippen molar-refractivity contribution in [2.45, 2.75) is 5.67 Å². The molecule has 0 saturated carbocycles. The maximum atomic E-state index is 13.2. The standard InChI is InChI=1S/C8H7FO2/c9-8(6-11)4-2-1-3-7(8)5-10/h1-7H. The Balaban J connectivity index is 2.94. The van der Waals surface area contributed by atoms with Crippen LogP contribution in [-0.4, -0.2) is 18.2 Å². The number of allylic oxidation sites excluding steroid dienone is 4. The van der Waals surface area contributed by atoms with Crippen LogP contribution in [0.1, 0.15) is 0 Å². The first-order valence-electron chi connectivity index (χ1n) is 3.19. The molecule has 0 aliphatic heterocycles. The van der Waals surface area contributed by atoms with E-state index in [2.05, 4.69) is 0 Å². The number of hydrogen-bond donors (Lipinski definition) is 0. The summed E-state index contributed by atoms with van der Waals surface area (Å²) in [6.07, 6.45) is 5.97. The second-order valence-corrected chi connectivity index (χ2v) is 2.35. The minimum atomic E-state index is -2.13. The SMILES string of the molecule is O=CC1C=CC=CC1(F)C=O. The van der Waals surface area contributed by atoms with Crippen LogP contribution in [0.25, 0.3) is 0 Å². The Bertz CT molecular complexity index is 232. The predicted octanol–water partition coefficient (Wildman–Crippen LogP) is 0.835. The first-order chi connectivity index (χ1) is 5.23. The van der Waals surface area contributed by atoms with Gasteiger partial charge in [0.1, 0.15) is 6.29 Å². The van der Waals surface area contributed by atoms with Gasteiger partial charge in [0.25, 0.3) is 0 Å². The van der Waals surface area contributed by atoms with E-state index < -0.39 is 11.6 Å². The summed E-state index contributed by atoms with van der Waals surface area (Å²) in [6.45, 7) is 0. The zero-order valence-corrected chi connectivity index (χ0v) is 5.74.